The average molecular weight is 292 g/mol. The topological polar surface area (TPSA) is 88.0 Å². The van der Waals surface area contributed by atoms with Crippen molar-refractivity contribution in [3.8, 4) is 0 Å². The molecule has 7 heteroatoms. The van der Waals surface area contributed by atoms with Crippen LogP contribution < -0.4 is 10.9 Å². The van der Waals surface area contributed by atoms with E-state index >= 15 is 0 Å². The van der Waals surface area contributed by atoms with Crippen molar-refractivity contribution in [2.24, 2.45) is 0 Å². The zero-order chi connectivity index (χ0) is 14.9. The molecule has 0 saturated heterocycles. The fraction of sp³-hybridized carbons (Fsp3) is 0.0667. The van der Waals surface area contributed by atoms with Crippen LogP contribution >= 0.6 is 0 Å². The summed E-state index contributed by atoms with van der Waals surface area (Å²) in [5.74, 6) is 0.832. The van der Waals surface area contributed by atoms with Gasteiger partial charge in [-0.2, -0.15) is 9.61 Å². The molecule has 0 spiro atoms. The number of hydrogen-bond acceptors (Lipinski definition) is 5. The molecule has 0 atom stereocenters. The van der Waals surface area contributed by atoms with Crippen molar-refractivity contribution < 1.29 is 0 Å². The van der Waals surface area contributed by atoms with E-state index in [4.69, 9.17) is 0 Å². The average Bonchev–Trinajstić information content (AvgIpc) is 3.01. The van der Waals surface area contributed by atoms with Crippen LogP contribution in [0.4, 0.5) is 5.82 Å². The highest BCUT2D eigenvalue weighted by Crippen LogP contribution is 2.12. The summed E-state index contributed by atoms with van der Waals surface area (Å²) < 4.78 is 1.73. The number of fused-ring (bicyclic) bond motifs is 2. The van der Waals surface area contributed by atoms with Crippen LogP contribution in [-0.4, -0.2) is 24.6 Å². The first-order valence-electron chi connectivity index (χ1n) is 6.81. The third-order valence-electron chi connectivity index (χ3n) is 3.38. The Labute approximate surface area is 124 Å². The minimum Gasteiger partial charge on any atom is -0.364 e. The minimum absolute atomic E-state index is 0.155. The maximum atomic E-state index is 11.4. The number of rotatable bonds is 3. The lowest BCUT2D eigenvalue weighted by molar-refractivity contribution is 0.918. The van der Waals surface area contributed by atoms with Gasteiger partial charge >= 0.3 is 0 Å². The van der Waals surface area contributed by atoms with Crippen LogP contribution in [0.1, 0.15) is 5.69 Å². The van der Waals surface area contributed by atoms with Gasteiger partial charge in [0.05, 0.1) is 18.4 Å². The highest BCUT2D eigenvalue weighted by Gasteiger charge is 2.03. The molecule has 0 unspecified atom stereocenters. The Kier molecular flexibility index (Phi) is 2.82. The van der Waals surface area contributed by atoms with E-state index in [9.17, 15) is 4.79 Å². The van der Waals surface area contributed by atoms with Crippen LogP contribution in [0.2, 0.25) is 0 Å². The van der Waals surface area contributed by atoms with E-state index < -0.39 is 0 Å². The summed E-state index contributed by atoms with van der Waals surface area (Å²) in [6.07, 6.45) is 3.43. The molecule has 4 aromatic heterocycles. The van der Waals surface area contributed by atoms with Crippen molar-refractivity contribution in [1.82, 2.24) is 24.6 Å². The van der Waals surface area contributed by atoms with Crippen LogP contribution in [0.3, 0.4) is 0 Å². The number of hydrogen-bond donors (Lipinski definition) is 2. The molecule has 0 fully saturated rings. The molecule has 0 radical (unpaired) electrons. The van der Waals surface area contributed by atoms with Crippen molar-refractivity contribution >= 4 is 22.5 Å². The molecule has 0 saturated carbocycles. The van der Waals surface area contributed by atoms with Gasteiger partial charge in [-0.3, -0.25) is 4.79 Å². The Balaban J connectivity index is 1.63. The van der Waals surface area contributed by atoms with E-state index in [1.165, 1.54) is 6.07 Å². The van der Waals surface area contributed by atoms with Gasteiger partial charge in [0.2, 0.25) is 5.56 Å². The van der Waals surface area contributed by atoms with Crippen molar-refractivity contribution in [3.63, 3.8) is 0 Å². The first-order valence-corrected chi connectivity index (χ1v) is 6.81. The van der Waals surface area contributed by atoms with Gasteiger partial charge in [-0.25, -0.2) is 9.97 Å². The molecule has 4 rings (SSSR count). The van der Waals surface area contributed by atoms with Gasteiger partial charge in [0, 0.05) is 23.7 Å². The quantitative estimate of drug-likeness (QED) is 0.598. The number of pyridine rings is 2. The molecule has 0 aliphatic carbocycles. The summed E-state index contributed by atoms with van der Waals surface area (Å²) in [4.78, 5) is 22.8. The molecule has 4 aromatic rings. The van der Waals surface area contributed by atoms with Gasteiger partial charge in [0.1, 0.15) is 11.5 Å². The summed E-state index contributed by atoms with van der Waals surface area (Å²) in [5, 5.41) is 8.40. The fourth-order valence-electron chi connectivity index (χ4n) is 2.32. The lowest BCUT2D eigenvalue weighted by atomic mass is 10.2. The molecule has 0 amide bonds. The summed E-state index contributed by atoms with van der Waals surface area (Å²) in [6, 6.07) is 10.8. The standard InChI is InChI=1S/C15H12N6O/c22-14-4-2-10-1-3-11(19-15(10)20-14)9-17-13-5-7-16-12-6-8-18-21(12)13/h1-8,17H,9H2,(H,19,20,22). The first-order chi connectivity index (χ1) is 10.8. The third-order valence-corrected chi connectivity index (χ3v) is 3.38. The Morgan fingerprint density at radius 3 is 2.95 bits per heavy atom. The maximum Gasteiger partial charge on any atom is 0.249 e. The zero-order valence-corrected chi connectivity index (χ0v) is 11.5. The Morgan fingerprint density at radius 2 is 2.00 bits per heavy atom. The monoisotopic (exact) mass is 292 g/mol. The zero-order valence-electron chi connectivity index (χ0n) is 11.5. The van der Waals surface area contributed by atoms with E-state index in [1.807, 2.05) is 24.3 Å². The molecule has 0 aromatic carbocycles. The first kappa shape index (κ1) is 12.5. The number of anilines is 1. The molecule has 4 heterocycles. The van der Waals surface area contributed by atoms with Crippen molar-refractivity contribution in [3.05, 3.63) is 64.8 Å². The second-order valence-corrected chi connectivity index (χ2v) is 4.85. The van der Waals surface area contributed by atoms with Gasteiger partial charge in [0.15, 0.2) is 5.65 Å². The second-order valence-electron chi connectivity index (χ2n) is 4.85. The minimum atomic E-state index is -0.155. The molecule has 22 heavy (non-hydrogen) atoms. The van der Waals surface area contributed by atoms with Crippen LogP contribution in [0, 0.1) is 0 Å². The van der Waals surface area contributed by atoms with Crippen LogP contribution in [0.15, 0.2) is 53.6 Å². The van der Waals surface area contributed by atoms with Crippen molar-refractivity contribution in [2.45, 2.75) is 6.54 Å². The Morgan fingerprint density at radius 1 is 1.09 bits per heavy atom. The summed E-state index contributed by atoms with van der Waals surface area (Å²) >= 11 is 0. The molecule has 0 aliphatic rings. The number of H-pyrrole nitrogens is 1. The fourth-order valence-corrected chi connectivity index (χ4v) is 2.32. The SMILES string of the molecule is O=c1ccc2ccc(CNc3ccnc4ccnn34)nc2[nH]1. The Hall–Kier alpha value is -3.22. The molecule has 0 bridgehead atoms. The molecule has 2 N–H and O–H groups in total. The molecular formula is C15H12N6O. The number of nitrogens with one attached hydrogen (secondary N) is 2. The van der Waals surface area contributed by atoms with Gasteiger partial charge in [0.25, 0.3) is 0 Å². The van der Waals surface area contributed by atoms with Crippen molar-refractivity contribution in [1.29, 1.82) is 0 Å². The molecule has 7 nitrogen and oxygen atoms in total. The van der Waals surface area contributed by atoms with Gasteiger partial charge in [-0.05, 0) is 24.3 Å². The third kappa shape index (κ3) is 2.18. The number of nitrogens with zero attached hydrogens (tertiary/aromatic N) is 4. The van der Waals surface area contributed by atoms with Crippen LogP contribution in [0.25, 0.3) is 16.7 Å². The van der Waals surface area contributed by atoms with E-state index in [2.05, 4.69) is 25.4 Å². The van der Waals surface area contributed by atoms with E-state index in [0.717, 1.165) is 22.5 Å². The normalized spacial score (nSPS) is 11.1. The predicted octanol–water partition coefficient (Wildman–Crippen LogP) is 1.58. The highest BCUT2D eigenvalue weighted by molar-refractivity contribution is 5.74. The second kappa shape index (κ2) is 4.96. The number of aromatic amines is 1. The Bertz CT molecular complexity index is 1020. The van der Waals surface area contributed by atoms with Crippen molar-refractivity contribution in [2.75, 3.05) is 5.32 Å². The maximum absolute atomic E-state index is 11.4. The van der Waals surface area contributed by atoms with Gasteiger partial charge < -0.3 is 10.3 Å². The van der Waals surface area contributed by atoms with Crippen LogP contribution in [-0.2, 0) is 6.54 Å². The summed E-state index contributed by atoms with van der Waals surface area (Å²) in [5.41, 5.74) is 2.04. The summed E-state index contributed by atoms with van der Waals surface area (Å²) in [6.45, 7) is 0.520. The van der Waals surface area contributed by atoms with E-state index in [-0.39, 0.29) is 5.56 Å². The van der Waals surface area contributed by atoms with E-state index in [0.29, 0.717) is 12.2 Å². The largest absolute Gasteiger partial charge is 0.364 e. The molecule has 108 valence electrons. The smallest absolute Gasteiger partial charge is 0.249 e. The van der Waals surface area contributed by atoms with Gasteiger partial charge in [-0.15, -0.1) is 0 Å². The number of aromatic nitrogens is 5. The lowest BCUT2D eigenvalue weighted by Crippen LogP contribution is -2.08. The highest BCUT2D eigenvalue weighted by atomic mass is 16.1. The van der Waals surface area contributed by atoms with Gasteiger partial charge in [-0.1, -0.05) is 0 Å². The van der Waals surface area contributed by atoms with E-state index in [1.54, 1.807) is 23.0 Å². The lowest BCUT2D eigenvalue weighted by Gasteiger charge is -2.08. The molecular weight excluding hydrogens is 280 g/mol. The molecule has 0 aliphatic heterocycles. The predicted molar refractivity (Wildman–Crippen MR) is 82.7 cm³/mol. The van der Waals surface area contributed by atoms with Crippen LogP contribution in [0.5, 0.6) is 0 Å². The summed E-state index contributed by atoms with van der Waals surface area (Å²) in [7, 11) is 0.